The van der Waals surface area contributed by atoms with E-state index in [1.807, 2.05) is 56.3 Å². The summed E-state index contributed by atoms with van der Waals surface area (Å²) in [6, 6.07) is 22.4. The van der Waals surface area contributed by atoms with Crippen molar-refractivity contribution in [2.45, 2.75) is 20.5 Å². The third-order valence-corrected chi connectivity index (χ3v) is 4.96. The van der Waals surface area contributed by atoms with Crippen molar-refractivity contribution < 1.29 is 14.3 Å². The number of hydrogen-bond donors (Lipinski definition) is 1. The summed E-state index contributed by atoms with van der Waals surface area (Å²) >= 11 is 6.18. The van der Waals surface area contributed by atoms with E-state index in [9.17, 15) is 10.1 Å². The topological polar surface area (TPSA) is 71.3 Å². The molecule has 0 fully saturated rings. The lowest BCUT2D eigenvalue weighted by Gasteiger charge is -2.13. The lowest BCUT2D eigenvalue weighted by molar-refractivity contribution is -0.112. The number of hydrogen-bond acceptors (Lipinski definition) is 4. The highest BCUT2D eigenvalue weighted by Crippen LogP contribution is 2.30. The van der Waals surface area contributed by atoms with Crippen LogP contribution in [0, 0.1) is 18.3 Å². The Bertz CT molecular complexity index is 1150. The van der Waals surface area contributed by atoms with Gasteiger partial charge in [-0.15, -0.1) is 0 Å². The molecule has 0 saturated carbocycles. The predicted molar refractivity (Wildman–Crippen MR) is 127 cm³/mol. The Labute approximate surface area is 192 Å². The van der Waals surface area contributed by atoms with E-state index >= 15 is 0 Å². The minimum absolute atomic E-state index is 0.0512. The summed E-state index contributed by atoms with van der Waals surface area (Å²) < 4.78 is 11.6. The van der Waals surface area contributed by atoms with Crippen molar-refractivity contribution in [3.05, 3.63) is 94.0 Å². The van der Waals surface area contributed by atoms with Crippen molar-refractivity contribution in [1.29, 1.82) is 5.26 Å². The summed E-state index contributed by atoms with van der Waals surface area (Å²) in [7, 11) is 0. The van der Waals surface area contributed by atoms with Crippen LogP contribution in [0.4, 0.5) is 5.69 Å². The summed E-state index contributed by atoms with van der Waals surface area (Å²) in [6.45, 7) is 4.56. The quantitative estimate of drug-likeness (QED) is 0.331. The van der Waals surface area contributed by atoms with Crippen LogP contribution in [-0.4, -0.2) is 12.5 Å². The zero-order valence-corrected chi connectivity index (χ0v) is 18.6. The summed E-state index contributed by atoms with van der Waals surface area (Å²) in [6.07, 6.45) is 1.50. The van der Waals surface area contributed by atoms with Gasteiger partial charge in [-0.3, -0.25) is 4.79 Å². The van der Waals surface area contributed by atoms with Gasteiger partial charge in [-0.25, -0.2) is 0 Å². The summed E-state index contributed by atoms with van der Waals surface area (Å²) in [4.78, 5) is 12.7. The molecule has 32 heavy (non-hydrogen) atoms. The monoisotopic (exact) mass is 446 g/mol. The summed E-state index contributed by atoms with van der Waals surface area (Å²) in [5, 5.41) is 12.7. The molecular weight excluding hydrogens is 424 g/mol. The molecule has 6 heteroatoms. The van der Waals surface area contributed by atoms with Crippen molar-refractivity contribution in [2.24, 2.45) is 0 Å². The average Bonchev–Trinajstić information content (AvgIpc) is 2.80. The van der Waals surface area contributed by atoms with Gasteiger partial charge in [-0.1, -0.05) is 60.1 Å². The maximum Gasteiger partial charge on any atom is 0.266 e. The number of benzene rings is 3. The highest BCUT2D eigenvalue weighted by Gasteiger charge is 2.14. The molecule has 0 aromatic heterocycles. The van der Waals surface area contributed by atoms with Crippen LogP contribution in [0.1, 0.15) is 23.6 Å². The highest BCUT2D eigenvalue weighted by atomic mass is 35.5. The van der Waals surface area contributed by atoms with Gasteiger partial charge in [0.05, 0.1) is 17.3 Å². The van der Waals surface area contributed by atoms with Crippen LogP contribution in [-0.2, 0) is 11.4 Å². The average molecular weight is 447 g/mol. The number of nitrogens with zero attached hydrogens (tertiary/aromatic N) is 1. The first-order valence-corrected chi connectivity index (χ1v) is 10.5. The third kappa shape index (κ3) is 5.90. The first-order chi connectivity index (χ1) is 15.5. The van der Waals surface area contributed by atoms with Gasteiger partial charge in [0.25, 0.3) is 5.91 Å². The number of carbonyl (C=O) groups excluding carboxylic acids is 1. The molecule has 0 heterocycles. The maximum absolute atomic E-state index is 12.7. The number of amides is 1. The van der Waals surface area contributed by atoms with Gasteiger partial charge in [-0.05, 0) is 54.8 Å². The molecule has 0 unspecified atom stereocenters. The Morgan fingerprint density at radius 3 is 2.53 bits per heavy atom. The molecule has 0 aliphatic carbocycles. The molecule has 0 aliphatic heterocycles. The van der Waals surface area contributed by atoms with Crippen molar-refractivity contribution in [3.63, 3.8) is 0 Å². The van der Waals surface area contributed by atoms with Gasteiger partial charge < -0.3 is 14.8 Å². The van der Waals surface area contributed by atoms with E-state index in [-0.39, 0.29) is 5.57 Å². The van der Waals surface area contributed by atoms with Crippen LogP contribution in [0.25, 0.3) is 6.08 Å². The third-order valence-electron chi connectivity index (χ3n) is 4.64. The maximum atomic E-state index is 12.7. The number of ether oxygens (including phenoxy) is 2. The van der Waals surface area contributed by atoms with Gasteiger partial charge in [0.15, 0.2) is 11.5 Å². The SMILES string of the molecule is CCOc1cc(/C=C(\C#N)C(=O)Nc2c(C)cccc2Cl)ccc1OCc1ccccc1. The molecule has 3 aromatic carbocycles. The fourth-order valence-electron chi connectivity index (χ4n) is 3.02. The first kappa shape index (κ1) is 22.9. The van der Waals surface area contributed by atoms with Crippen molar-refractivity contribution >= 4 is 29.3 Å². The van der Waals surface area contributed by atoms with Crippen molar-refractivity contribution in [2.75, 3.05) is 11.9 Å². The fraction of sp³-hybridized carbons (Fsp3) is 0.154. The van der Waals surface area contributed by atoms with Crippen LogP contribution < -0.4 is 14.8 Å². The number of nitrogens with one attached hydrogen (secondary N) is 1. The molecule has 5 nitrogen and oxygen atoms in total. The van der Waals surface area contributed by atoms with Crippen LogP contribution in [0.15, 0.2) is 72.3 Å². The Balaban J connectivity index is 1.81. The summed E-state index contributed by atoms with van der Waals surface area (Å²) in [5.41, 5.74) is 2.92. The smallest absolute Gasteiger partial charge is 0.266 e. The number of nitriles is 1. The van der Waals surface area contributed by atoms with Gasteiger partial charge in [-0.2, -0.15) is 5.26 Å². The van der Waals surface area contributed by atoms with E-state index in [2.05, 4.69) is 5.32 Å². The Hall–Kier alpha value is -3.75. The van der Waals surface area contributed by atoms with Crippen molar-refractivity contribution in [3.8, 4) is 17.6 Å². The minimum Gasteiger partial charge on any atom is -0.490 e. The van der Waals surface area contributed by atoms with Gasteiger partial charge in [0, 0.05) is 0 Å². The molecule has 0 radical (unpaired) electrons. The molecule has 0 atom stereocenters. The van der Waals surface area contributed by atoms with Gasteiger partial charge in [0.1, 0.15) is 18.2 Å². The second-order valence-corrected chi connectivity index (χ2v) is 7.38. The molecule has 3 aromatic rings. The summed E-state index contributed by atoms with van der Waals surface area (Å²) in [5.74, 6) is 0.588. The van der Waals surface area contributed by atoms with E-state index in [0.29, 0.717) is 41.0 Å². The number of rotatable bonds is 8. The van der Waals surface area contributed by atoms with E-state index in [0.717, 1.165) is 11.1 Å². The largest absolute Gasteiger partial charge is 0.490 e. The van der Waals surface area contributed by atoms with E-state index in [1.165, 1.54) is 6.08 Å². The predicted octanol–water partition coefficient (Wildman–Crippen LogP) is 6.17. The van der Waals surface area contributed by atoms with E-state index < -0.39 is 5.91 Å². The fourth-order valence-corrected chi connectivity index (χ4v) is 3.29. The van der Waals surface area contributed by atoms with E-state index in [1.54, 1.807) is 30.3 Å². The van der Waals surface area contributed by atoms with Crippen LogP contribution >= 0.6 is 11.6 Å². The zero-order chi connectivity index (χ0) is 22.9. The molecule has 3 rings (SSSR count). The molecule has 0 bridgehead atoms. The zero-order valence-electron chi connectivity index (χ0n) is 17.9. The van der Waals surface area contributed by atoms with E-state index in [4.69, 9.17) is 21.1 Å². The Kier molecular flexibility index (Phi) is 7.91. The molecule has 0 saturated heterocycles. The lowest BCUT2D eigenvalue weighted by Crippen LogP contribution is -2.14. The Morgan fingerprint density at radius 2 is 1.84 bits per heavy atom. The standard InChI is InChI=1S/C26H23ClN2O3/c1-3-31-24-15-20(12-13-23(24)32-17-19-9-5-4-6-10-19)14-21(16-28)26(30)29-25-18(2)8-7-11-22(25)27/h4-15H,3,17H2,1-2H3,(H,29,30)/b21-14+. The second-order valence-electron chi connectivity index (χ2n) is 6.97. The first-order valence-electron chi connectivity index (χ1n) is 10.1. The second kappa shape index (κ2) is 11.0. The molecule has 0 spiro atoms. The van der Waals surface area contributed by atoms with Crippen LogP contribution in [0.3, 0.4) is 0 Å². The van der Waals surface area contributed by atoms with Crippen LogP contribution in [0.2, 0.25) is 5.02 Å². The highest BCUT2D eigenvalue weighted by molar-refractivity contribution is 6.34. The van der Waals surface area contributed by atoms with Gasteiger partial charge in [0.2, 0.25) is 0 Å². The Morgan fingerprint density at radius 1 is 1.06 bits per heavy atom. The molecular formula is C26H23ClN2O3. The van der Waals surface area contributed by atoms with Gasteiger partial charge >= 0.3 is 0 Å². The number of carbonyl (C=O) groups is 1. The number of aryl methyl sites for hydroxylation is 1. The number of anilines is 1. The number of para-hydroxylation sites is 1. The normalized spacial score (nSPS) is 10.9. The lowest BCUT2D eigenvalue weighted by atomic mass is 10.1. The molecule has 1 N–H and O–H groups in total. The minimum atomic E-state index is -0.536. The number of halogens is 1. The van der Waals surface area contributed by atoms with Crippen LogP contribution in [0.5, 0.6) is 11.5 Å². The van der Waals surface area contributed by atoms with Crippen molar-refractivity contribution in [1.82, 2.24) is 0 Å². The molecule has 1 amide bonds. The molecule has 162 valence electrons. The molecule has 0 aliphatic rings.